The van der Waals surface area contributed by atoms with Gasteiger partial charge < -0.3 is 10.4 Å². The molecule has 2 aromatic rings. The summed E-state index contributed by atoms with van der Waals surface area (Å²) in [6.07, 6.45) is -0.425. The van der Waals surface area contributed by atoms with E-state index in [1.165, 1.54) is 42.5 Å². The average molecular weight is 346 g/mol. The second-order valence-electron chi connectivity index (χ2n) is 5.36. The van der Waals surface area contributed by atoms with Crippen LogP contribution in [0.2, 0.25) is 0 Å². The van der Waals surface area contributed by atoms with Crippen molar-refractivity contribution in [2.75, 3.05) is 0 Å². The number of hydrogen-bond donors (Lipinski definition) is 2. The highest BCUT2D eigenvalue weighted by Crippen LogP contribution is 2.14. The van der Waals surface area contributed by atoms with Crippen molar-refractivity contribution in [2.45, 2.75) is 18.9 Å². The molecule has 25 heavy (non-hydrogen) atoms. The Bertz CT molecular complexity index is 809. The fourth-order valence-corrected chi connectivity index (χ4v) is 2.29. The van der Waals surface area contributed by atoms with Crippen molar-refractivity contribution in [3.63, 3.8) is 0 Å². The molecule has 0 aliphatic heterocycles. The number of non-ortho nitro benzene ring substituents is 1. The number of halogens is 1. The molecule has 0 fully saturated rings. The van der Waals surface area contributed by atoms with Gasteiger partial charge in [-0.15, -0.1) is 0 Å². The molecule has 0 aliphatic carbocycles. The molecule has 2 N–H and O–H groups in total. The number of amides is 1. The minimum absolute atomic E-state index is 0.161. The van der Waals surface area contributed by atoms with Crippen molar-refractivity contribution in [2.24, 2.45) is 0 Å². The first kappa shape index (κ1) is 18.1. The van der Waals surface area contributed by atoms with Crippen molar-refractivity contribution in [1.29, 1.82) is 0 Å². The van der Waals surface area contributed by atoms with Crippen LogP contribution in [0.1, 0.15) is 11.1 Å². The highest BCUT2D eigenvalue weighted by Gasteiger charge is 2.22. The molecule has 8 heteroatoms. The monoisotopic (exact) mass is 346 g/mol. The minimum atomic E-state index is -1.30. The summed E-state index contributed by atoms with van der Waals surface area (Å²) in [4.78, 5) is 33.5. The highest BCUT2D eigenvalue weighted by molar-refractivity contribution is 5.85. The minimum Gasteiger partial charge on any atom is -0.480 e. The molecular weight excluding hydrogens is 331 g/mol. The molecule has 0 bridgehead atoms. The van der Waals surface area contributed by atoms with Crippen LogP contribution in [-0.2, 0) is 22.4 Å². The Morgan fingerprint density at radius 2 is 1.92 bits per heavy atom. The van der Waals surface area contributed by atoms with Crippen molar-refractivity contribution >= 4 is 17.6 Å². The van der Waals surface area contributed by atoms with Crippen LogP contribution in [-0.4, -0.2) is 27.9 Å². The first-order valence-corrected chi connectivity index (χ1v) is 7.35. The van der Waals surface area contributed by atoms with Crippen LogP contribution in [0.15, 0.2) is 48.5 Å². The zero-order valence-electron chi connectivity index (χ0n) is 13.0. The molecule has 0 aliphatic rings. The first-order valence-electron chi connectivity index (χ1n) is 7.35. The van der Waals surface area contributed by atoms with Crippen molar-refractivity contribution < 1.29 is 24.0 Å². The number of nitro groups is 1. The van der Waals surface area contributed by atoms with Gasteiger partial charge in [-0.25, -0.2) is 9.18 Å². The summed E-state index contributed by atoms with van der Waals surface area (Å²) < 4.78 is 13.6. The topological polar surface area (TPSA) is 110 Å². The molecule has 0 saturated heterocycles. The van der Waals surface area contributed by atoms with Crippen LogP contribution in [0.5, 0.6) is 0 Å². The summed E-state index contributed by atoms with van der Waals surface area (Å²) in [5.74, 6) is -2.47. The highest BCUT2D eigenvalue weighted by atomic mass is 19.1. The maximum absolute atomic E-state index is 13.6. The van der Waals surface area contributed by atoms with Gasteiger partial charge in [0.2, 0.25) is 5.91 Å². The van der Waals surface area contributed by atoms with Gasteiger partial charge in [-0.2, -0.15) is 0 Å². The second kappa shape index (κ2) is 8.00. The van der Waals surface area contributed by atoms with Gasteiger partial charge in [0, 0.05) is 18.6 Å². The smallest absolute Gasteiger partial charge is 0.326 e. The summed E-state index contributed by atoms with van der Waals surface area (Å²) in [6.45, 7) is 0. The maximum Gasteiger partial charge on any atom is 0.326 e. The SMILES string of the molecule is O=C(Cc1cccc([N+](=O)[O-])c1)N[C@H](Cc1ccccc1F)C(=O)O. The average Bonchev–Trinajstić information content (AvgIpc) is 2.56. The van der Waals surface area contributed by atoms with E-state index in [0.29, 0.717) is 5.56 Å². The number of aliphatic carboxylic acids is 1. The van der Waals surface area contributed by atoms with Crippen molar-refractivity contribution in [1.82, 2.24) is 5.32 Å². The van der Waals surface area contributed by atoms with Crippen LogP contribution in [0.4, 0.5) is 10.1 Å². The number of benzene rings is 2. The van der Waals surface area contributed by atoms with Gasteiger partial charge in [0.15, 0.2) is 0 Å². The van der Waals surface area contributed by atoms with E-state index in [-0.39, 0.29) is 24.1 Å². The Labute approximate surface area is 142 Å². The van der Waals surface area contributed by atoms with Gasteiger partial charge in [0.1, 0.15) is 11.9 Å². The van der Waals surface area contributed by atoms with E-state index in [1.807, 2.05) is 0 Å². The Hall–Kier alpha value is -3.29. The number of carbonyl (C=O) groups is 2. The summed E-state index contributed by atoms with van der Waals surface area (Å²) >= 11 is 0. The van der Waals surface area contributed by atoms with E-state index in [4.69, 9.17) is 0 Å². The quantitative estimate of drug-likeness (QED) is 0.589. The molecular formula is C17H15FN2O5. The lowest BCUT2D eigenvalue weighted by Gasteiger charge is -2.15. The summed E-state index contributed by atoms with van der Waals surface area (Å²) in [5.41, 5.74) is 0.388. The van der Waals surface area contributed by atoms with Crippen LogP contribution >= 0.6 is 0 Å². The van der Waals surface area contributed by atoms with Crippen molar-refractivity contribution in [3.05, 3.63) is 75.6 Å². The van der Waals surface area contributed by atoms with E-state index in [0.717, 1.165) is 0 Å². The lowest BCUT2D eigenvalue weighted by molar-refractivity contribution is -0.384. The first-order chi connectivity index (χ1) is 11.9. The van der Waals surface area contributed by atoms with E-state index in [9.17, 15) is 29.2 Å². The van der Waals surface area contributed by atoms with Crippen LogP contribution in [0.3, 0.4) is 0 Å². The van der Waals surface area contributed by atoms with E-state index in [2.05, 4.69) is 5.32 Å². The third-order valence-corrected chi connectivity index (χ3v) is 3.50. The number of nitrogens with one attached hydrogen (secondary N) is 1. The van der Waals surface area contributed by atoms with Gasteiger partial charge in [-0.3, -0.25) is 14.9 Å². The van der Waals surface area contributed by atoms with Gasteiger partial charge in [0.05, 0.1) is 11.3 Å². The number of hydrogen-bond acceptors (Lipinski definition) is 4. The summed E-state index contributed by atoms with van der Waals surface area (Å²) in [6, 6.07) is 9.90. The molecule has 130 valence electrons. The predicted octanol–water partition coefficient (Wildman–Crippen LogP) is 2.09. The Balaban J connectivity index is 2.05. The van der Waals surface area contributed by atoms with Gasteiger partial charge in [-0.1, -0.05) is 30.3 Å². The van der Waals surface area contributed by atoms with Gasteiger partial charge >= 0.3 is 5.97 Å². The molecule has 1 atom stereocenters. The molecule has 1 amide bonds. The predicted molar refractivity (Wildman–Crippen MR) is 86.5 cm³/mol. The normalized spacial score (nSPS) is 11.6. The zero-order valence-corrected chi connectivity index (χ0v) is 13.0. The molecule has 0 aromatic heterocycles. The maximum atomic E-state index is 13.6. The molecule has 0 heterocycles. The van der Waals surface area contributed by atoms with Crippen LogP contribution in [0.25, 0.3) is 0 Å². The number of carbonyl (C=O) groups excluding carboxylic acids is 1. The number of rotatable bonds is 7. The molecule has 2 aromatic carbocycles. The number of carboxylic acids is 1. The Morgan fingerprint density at radius 1 is 1.20 bits per heavy atom. The molecule has 2 rings (SSSR count). The zero-order chi connectivity index (χ0) is 18.4. The van der Waals surface area contributed by atoms with E-state index >= 15 is 0 Å². The van der Waals surface area contributed by atoms with E-state index < -0.39 is 28.7 Å². The number of nitrogens with zero attached hydrogens (tertiary/aromatic N) is 1. The number of nitro benzene ring substituents is 1. The Kier molecular flexibility index (Phi) is 5.78. The Morgan fingerprint density at radius 3 is 2.56 bits per heavy atom. The lowest BCUT2D eigenvalue weighted by Crippen LogP contribution is -2.43. The fraction of sp³-hybridized carbons (Fsp3) is 0.176. The summed E-state index contributed by atoms with van der Waals surface area (Å²) in [5, 5.41) is 22.3. The molecule has 7 nitrogen and oxygen atoms in total. The van der Waals surface area contributed by atoms with Gasteiger partial charge in [-0.05, 0) is 17.2 Å². The largest absolute Gasteiger partial charge is 0.480 e. The molecule has 0 saturated carbocycles. The second-order valence-corrected chi connectivity index (χ2v) is 5.36. The summed E-state index contributed by atoms with van der Waals surface area (Å²) in [7, 11) is 0. The van der Waals surface area contributed by atoms with Crippen molar-refractivity contribution in [3.8, 4) is 0 Å². The fourth-order valence-electron chi connectivity index (χ4n) is 2.29. The number of carboxylic acid groups (broad SMARTS) is 1. The van der Waals surface area contributed by atoms with Gasteiger partial charge in [0.25, 0.3) is 5.69 Å². The van der Waals surface area contributed by atoms with Crippen LogP contribution in [0, 0.1) is 15.9 Å². The van der Waals surface area contributed by atoms with E-state index in [1.54, 1.807) is 6.07 Å². The molecule has 0 spiro atoms. The third-order valence-electron chi connectivity index (χ3n) is 3.50. The molecule has 0 unspecified atom stereocenters. The lowest BCUT2D eigenvalue weighted by atomic mass is 10.0. The standard InChI is InChI=1S/C17H15FN2O5/c18-14-7-2-1-5-12(14)10-15(17(22)23)19-16(21)9-11-4-3-6-13(8-11)20(24)25/h1-8,15H,9-10H2,(H,19,21)(H,22,23)/t15-/m1/s1. The third kappa shape index (κ3) is 5.10. The van der Waals surface area contributed by atoms with Crippen LogP contribution < -0.4 is 5.32 Å². The molecule has 0 radical (unpaired) electrons.